The van der Waals surface area contributed by atoms with Crippen LogP contribution in [0.5, 0.6) is 11.5 Å². The maximum Gasteiger partial charge on any atom is 0.301 e. The summed E-state index contributed by atoms with van der Waals surface area (Å²) in [5.74, 6) is -0.449. The van der Waals surface area contributed by atoms with Gasteiger partial charge in [-0.2, -0.15) is 0 Å². The number of thioether (sulfide) groups is 1. The van der Waals surface area contributed by atoms with Crippen molar-refractivity contribution in [2.75, 3.05) is 19.1 Å². The van der Waals surface area contributed by atoms with E-state index in [9.17, 15) is 14.7 Å². The summed E-state index contributed by atoms with van der Waals surface area (Å²) in [6.45, 7) is 1.74. The summed E-state index contributed by atoms with van der Waals surface area (Å²) in [6, 6.07) is 19.4. The Morgan fingerprint density at radius 3 is 2.52 bits per heavy atom. The molecule has 42 heavy (non-hydrogen) atoms. The Hall–Kier alpha value is -4.68. The first-order valence-corrected chi connectivity index (χ1v) is 14.7. The number of benzene rings is 2. The lowest BCUT2D eigenvalue weighted by molar-refractivity contribution is -0.132. The van der Waals surface area contributed by atoms with E-state index in [0.717, 1.165) is 5.56 Å². The van der Waals surface area contributed by atoms with Crippen LogP contribution in [-0.4, -0.2) is 50.6 Å². The van der Waals surface area contributed by atoms with Crippen LogP contribution in [0.3, 0.4) is 0 Å². The van der Waals surface area contributed by atoms with Crippen LogP contribution >= 0.6 is 23.1 Å². The molecule has 3 aromatic heterocycles. The van der Waals surface area contributed by atoms with Crippen molar-refractivity contribution in [3.63, 3.8) is 0 Å². The number of aliphatic hydroxyl groups is 1. The largest absolute Gasteiger partial charge is 0.505 e. The van der Waals surface area contributed by atoms with Crippen molar-refractivity contribution in [3.05, 3.63) is 101 Å². The molecule has 1 N–H and O–H groups in total. The van der Waals surface area contributed by atoms with Crippen molar-refractivity contribution < 1.29 is 24.2 Å². The molecule has 0 spiro atoms. The van der Waals surface area contributed by atoms with E-state index in [2.05, 4.69) is 15.2 Å². The third kappa shape index (κ3) is 4.78. The zero-order valence-electron chi connectivity index (χ0n) is 22.8. The molecule has 1 saturated heterocycles. The number of fused-ring (bicyclic) bond motifs is 1. The molecule has 5 aromatic rings. The van der Waals surface area contributed by atoms with Crippen LogP contribution in [0.15, 0.2) is 82.8 Å². The molecule has 0 aliphatic carbocycles. The van der Waals surface area contributed by atoms with Crippen molar-refractivity contribution in [2.24, 2.45) is 0 Å². The van der Waals surface area contributed by atoms with Gasteiger partial charge in [0.2, 0.25) is 5.13 Å². The number of methoxy groups -OCH3 is 2. The van der Waals surface area contributed by atoms with Crippen LogP contribution in [0.4, 0.5) is 5.13 Å². The SMILES string of the molecule is COc1ccc(C2/C(=C(\O)c3c(C)nc4ccccn34)C(=O)C(=O)N2c2nnc(SCc3ccccc3)s2)cc1OC. The highest BCUT2D eigenvalue weighted by Gasteiger charge is 2.49. The maximum atomic E-state index is 13.7. The molecule has 0 saturated carbocycles. The number of amides is 1. The standard InChI is InChI=1S/C30H25N5O5S2/c1-17-24(34-14-8-7-11-22(34)31-17)26(36)23-25(19-12-13-20(39-2)21(15-19)40-3)35(28(38)27(23)37)29-32-33-30(42-29)41-16-18-9-5-4-6-10-18/h4-15,25,36H,16H2,1-3H3/b26-23+. The van der Waals surface area contributed by atoms with Crippen molar-refractivity contribution in [1.29, 1.82) is 0 Å². The van der Waals surface area contributed by atoms with E-state index in [4.69, 9.17) is 9.47 Å². The first-order valence-electron chi connectivity index (χ1n) is 12.9. The molecule has 1 atom stereocenters. The Morgan fingerprint density at radius 2 is 1.76 bits per heavy atom. The molecule has 2 aromatic carbocycles. The van der Waals surface area contributed by atoms with Crippen molar-refractivity contribution in [3.8, 4) is 11.5 Å². The second kappa shape index (κ2) is 11.3. The first kappa shape index (κ1) is 27.5. The first-order chi connectivity index (χ1) is 20.4. The van der Waals surface area contributed by atoms with Crippen LogP contribution in [0.2, 0.25) is 0 Å². The minimum absolute atomic E-state index is 0.0883. The average molecular weight is 600 g/mol. The van der Waals surface area contributed by atoms with Crippen LogP contribution in [0.25, 0.3) is 11.4 Å². The van der Waals surface area contributed by atoms with Gasteiger partial charge in [0, 0.05) is 11.9 Å². The maximum absolute atomic E-state index is 13.7. The number of ketones is 1. The summed E-state index contributed by atoms with van der Waals surface area (Å²) < 4.78 is 13.2. The number of ether oxygens (including phenoxy) is 2. The smallest absolute Gasteiger partial charge is 0.301 e. The molecule has 0 radical (unpaired) electrons. The second-order valence-electron chi connectivity index (χ2n) is 9.38. The predicted molar refractivity (Wildman–Crippen MR) is 160 cm³/mol. The lowest BCUT2D eigenvalue weighted by Crippen LogP contribution is -2.29. The number of anilines is 1. The van der Waals surface area contributed by atoms with Gasteiger partial charge in [-0.15, -0.1) is 10.2 Å². The summed E-state index contributed by atoms with van der Waals surface area (Å²) in [5.41, 5.74) is 2.98. The molecule has 12 heteroatoms. The summed E-state index contributed by atoms with van der Waals surface area (Å²) in [4.78, 5) is 33.2. The van der Waals surface area contributed by atoms with E-state index in [1.165, 1.54) is 42.2 Å². The Labute approximate surface area is 249 Å². The number of hydrogen-bond donors (Lipinski definition) is 1. The number of imidazole rings is 1. The van der Waals surface area contributed by atoms with Gasteiger partial charge in [0.05, 0.1) is 31.5 Å². The third-order valence-corrected chi connectivity index (χ3v) is 9.03. The van der Waals surface area contributed by atoms with Gasteiger partial charge < -0.3 is 14.6 Å². The molecule has 4 heterocycles. The number of aromatic nitrogens is 4. The lowest BCUT2D eigenvalue weighted by atomic mass is 9.96. The molecule has 1 aliphatic rings. The van der Waals surface area contributed by atoms with Crippen molar-refractivity contribution in [2.45, 2.75) is 23.1 Å². The van der Waals surface area contributed by atoms with E-state index in [0.29, 0.717) is 44.2 Å². The monoisotopic (exact) mass is 599 g/mol. The van der Waals surface area contributed by atoms with E-state index in [1.54, 1.807) is 47.9 Å². The molecule has 212 valence electrons. The Balaban J connectivity index is 1.48. The fraction of sp³-hybridized carbons (Fsp3) is 0.167. The number of aliphatic hydroxyl groups excluding tert-OH is 1. The predicted octanol–water partition coefficient (Wildman–Crippen LogP) is 5.43. The average Bonchev–Trinajstić information content (AvgIpc) is 3.69. The van der Waals surface area contributed by atoms with Gasteiger partial charge >= 0.3 is 5.91 Å². The molecule has 1 unspecified atom stereocenters. The highest BCUT2D eigenvalue weighted by atomic mass is 32.2. The van der Waals surface area contributed by atoms with Crippen molar-refractivity contribution >= 4 is 51.3 Å². The van der Waals surface area contributed by atoms with Crippen LogP contribution in [0.1, 0.15) is 28.6 Å². The molecular weight excluding hydrogens is 574 g/mol. The zero-order valence-corrected chi connectivity index (χ0v) is 24.5. The van der Waals surface area contributed by atoms with Gasteiger partial charge in [0.15, 0.2) is 21.6 Å². The van der Waals surface area contributed by atoms with Gasteiger partial charge in [-0.05, 0) is 42.3 Å². The Kier molecular flexibility index (Phi) is 7.40. The summed E-state index contributed by atoms with van der Waals surface area (Å²) in [6.07, 6.45) is 1.74. The van der Waals surface area contributed by atoms with Gasteiger partial charge in [-0.1, -0.05) is 65.6 Å². The van der Waals surface area contributed by atoms with Crippen molar-refractivity contribution in [1.82, 2.24) is 19.6 Å². The normalized spacial score (nSPS) is 16.4. The molecule has 1 fully saturated rings. The number of carbonyl (C=O) groups is 2. The highest BCUT2D eigenvalue weighted by molar-refractivity contribution is 8.00. The Bertz CT molecular complexity index is 1850. The number of pyridine rings is 1. The minimum atomic E-state index is -1.02. The number of Topliss-reactive ketones (excluding diaryl/α,β-unsaturated/α-hetero) is 1. The Morgan fingerprint density at radius 1 is 1.00 bits per heavy atom. The molecule has 1 aliphatic heterocycles. The molecule has 0 bridgehead atoms. The number of aryl methyl sites for hydroxylation is 1. The number of nitrogens with zero attached hydrogens (tertiary/aromatic N) is 5. The van der Waals surface area contributed by atoms with E-state index in [1.807, 2.05) is 36.4 Å². The zero-order chi connectivity index (χ0) is 29.4. The van der Waals surface area contributed by atoms with E-state index in [-0.39, 0.29) is 16.5 Å². The quantitative estimate of drug-likeness (QED) is 0.0819. The lowest BCUT2D eigenvalue weighted by Gasteiger charge is -2.23. The van der Waals surface area contributed by atoms with Gasteiger partial charge in [0.1, 0.15) is 11.3 Å². The second-order valence-corrected chi connectivity index (χ2v) is 11.6. The fourth-order valence-electron chi connectivity index (χ4n) is 4.97. The molecular formula is C30H25N5O5S2. The van der Waals surface area contributed by atoms with Crippen LogP contribution in [-0.2, 0) is 15.3 Å². The number of carbonyl (C=O) groups excluding carboxylic acids is 2. The van der Waals surface area contributed by atoms with Gasteiger partial charge in [0.25, 0.3) is 5.78 Å². The third-order valence-electron chi connectivity index (χ3n) is 6.90. The van der Waals surface area contributed by atoms with Gasteiger partial charge in [-0.25, -0.2) is 4.98 Å². The van der Waals surface area contributed by atoms with Crippen LogP contribution < -0.4 is 14.4 Å². The number of rotatable bonds is 8. The fourth-order valence-corrected chi connectivity index (χ4v) is 6.80. The topological polar surface area (TPSA) is 119 Å². The van der Waals surface area contributed by atoms with Gasteiger partial charge in [-0.3, -0.25) is 18.9 Å². The highest BCUT2D eigenvalue weighted by Crippen LogP contribution is 2.46. The summed E-state index contributed by atoms with van der Waals surface area (Å²) in [5, 5.41) is 20.6. The molecule has 1 amide bonds. The minimum Gasteiger partial charge on any atom is -0.505 e. The molecule has 10 nitrogen and oxygen atoms in total. The summed E-state index contributed by atoms with van der Waals surface area (Å²) >= 11 is 2.69. The molecule has 6 rings (SSSR count). The number of hydrogen-bond acceptors (Lipinski definition) is 10. The summed E-state index contributed by atoms with van der Waals surface area (Å²) in [7, 11) is 3.02. The van der Waals surface area contributed by atoms with E-state index >= 15 is 0 Å². The van der Waals surface area contributed by atoms with Crippen LogP contribution in [0, 0.1) is 6.92 Å². The van der Waals surface area contributed by atoms with E-state index < -0.39 is 17.7 Å².